The monoisotopic (exact) mass is 405 g/mol. The molecule has 1 aromatic carbocycles. The Kier molecular flexibility index (Phi) is 6.48. The van der Waals surface area contributed by atoms with Crippen LogP contribution in [0.3, 0.4) is 0 Å². The molecule has 2 heterocycles. The van der Waals surface area contributed by atoms with Gasteiger partial charge in [-0.3, -0.25) is 0 Å². The van der Waals surface area contributed by atoms with Gasteiger partial charge in [0.15, 0.2) is 5.82 Å². The Morgan fingerprint density at radius 3 is 2.68 bits per heavy atom. The number of carbonyl (C=O) groups excluding carboxylic acids is 1. The zero-order valence-corrected chi connectivity index (χ0v) is 17.0. The SMILES string of the molecule is Cc1ccc(NC(=O)NCc2nc(N(C)C)nc(N3CCOCC3)n2)cc1Cl. The molecule has 0 unspecified atom stereocenters. The lowest BCUT2D eigenvalue weighted by Gasteiger charge is -2.27. The zero-order valence-electron chi connectivity index (χ0n) is 16.2. The molecule has 0 atom stereocenters. The van der Waals surface area contributed by atoms with Crippen molar-refractivity contribution in [1.82, 2.24) is 20.3 Å². The average molecular weight is 406 g/mol. The number of aryl methyl sites for hydroxylation is 1. The topological polar surface area (TPSA) is 95.5 Å². The molecule has 0 saturated carbocycles. The molecule has 1 aromatic heterocycles. The lowest BCUT2D eigenvalue weighted by molar-refractivity contribution is 0.122. The number of nitrogens with zero attached hydrogens (tertiary/aromatic N) is 5. The minimum absolute atomic E-state index is 0.173. The molecule has 2 amide bonds. The van der Waals surface area contributed by atoms with Gasteiger partial charge in [-0.25, -0.2) is 4.79 Å². The van der Waals surface area contributed by atoms with Crippen LogP contribution in [0.25, 0.3) is 0 Å². The summed E-state index contributed by atoms with van der Waals surface area (Å²) in [6, 6.07) is 4.99. The van der Waals surface area contributed by atoms with Crippen molar-refractivity contribution in [3.63, 3.8) is 0 Å². The molecular formula is C18H24ClN7O2. The second-order valence-electron chi connectivity index (χ2n) is 6.62. The Hall–Kier alpha value is -2.65. The predicted octanol–water partition coefficient (Wildman–Crippen LogP) is 2.06. The van der Waals surface area contributed by atoms with Crippen LogP contribution in [0.15, 0.2) is 18.2 Å². The first-order chi connectivity index (χ1) is 13.4. The van der Waals surface area contributed by atoms with Gasteiger partial charge in [0.05, 0.1) is 19.8 Å². The van der Waals surface area contributed by atoms with Crippen molar-refractivity contribution in [2.45, 2.75) is 13.5 Å². The van der Waals surface area contributed by atoms with Crippen LogP contribution in [0, 0.1) is 6.92 Å². The van der Waals surface area contributed by atoms with E-state index in [1.165, 1.54) is 0 Å². The first-order valence-corrected chi connectivity index (χ1v) is 9.36. The van der Waals surface area contributed by atoms with E-state index in [4.69, 9.17) is 16.3 Å². The zero-order chi connectivity index (χ0) is 20.1. The third kappa shape index (κ3) is 5.20. The van der Waals surface area contributed by atoms with Crippen LogP contribution < -0.4 is 20.4 Å². The summed E-state index contributed by atoms with van der Waals surface area (Å²) in [6.07, 6.45) is 0. The summed E-state index contributed by atoms with van der Waals surface area (Å²) in [5.41, 5.74) is 1.57. The van der Waals surface area contributed by atoms with Crippen LogP contribution in [-0.4, -0.2) is 61.4 Å². The quantitative estimate of drug-likeness (QED) is 0.785. The minimum atomic E-state index is -0.361. The molecule has 1 saturated heterocycles. The summed E-state index contributed by atoms with van der Waals surface area (Å²) in [6.45, 7) is 4.79. The Labute approximate surface area is 169 Å². The lowest BCUT2D eigenvalue weighted by Crippen LogP contribution is -2.38. The Morgan fingerprint density at radius 1 is 1.25 bits per heavy atom. The number of amides is 2. The fourth-order valence-corrected chi connectivity index (χ4v) is 2.76. The second-order valence-corrected chi connectivity index (χ2v) is 7.02. The van der Waals surface area contributed by atoms with Crippen molar-refractivity contribution in [3.05, 3.63) is 34.6 Å². The highest BCUT2D eigenvalue weighted by Gasteiger charge is 2.17. The largest absolute Gasteiger partial charge is 0.378 e. The summed E-state index contributed by atoms with van der Waals surface area (Å²) >= 11 is 6.09. The molecule has 10 heteroatoms. The maximum atomic E-state index is 12.2. The molecule has 0 aliphatic carbocycles. The normalized spacial score (nSPS) is 13.9. The second kappa shape index (κ2) is 9.03. The molecule has 2 aromatic rings. The van der Waals surface area contributed by atoms with E-state index in [1.54, 1.807) is 12.1 Å². The summed E-state index contributed by atoms with van der Waals surface area (Å²) in [5, 5.41) is 6.12. The van der Waals surface area contributed by atoms with Gasteiger partial charge in [-0.15, -0.1) is 0 Å². The number of anilines is 3. The molecule has 1 aliphatic rings. The summed E-state index contributed by atoms with van der Waals surface area (Å²) in [5.74, 6) is 1.61. The number of aromatic nitrogens is 3. The molecule has 2 N–H and O–H groups in total. The highest BCUT2D eigenvalue weighted by atomic mass is 35.5. The van der Waals surface area contributed by atoms with E-state index in [1.807, 2.05) is 32.0 Å². The Bertz CT molecular complexity index is 841. The standard InChI is InChI=1S/C18H24ClN7O2/c1-12-4-5-13(10-14(12)19)21-18(27)20-11-15-22-16(25(2)3)24-17(23-15)26-6-8-28-9-7-26/h4-5,10H,6-9,11H2,1-3H3,(H2,20,21,27). The lowest BCUT2D eigenvalue weighted by atomic mass is 10.2. The number of nitrogens with one attached hydrogen (secondary N) is 2. The maximum Gasteiger partial charge on any atom is 0.319 e. The average Bonchev–Trinajstić information content (AvgIpc) is 2.69. The molecule has 3 rings (SSSR count). The van der Waals surface area contributed by atoms with E-state index in [0.717, 1.165) is 18.7 Å². The van der Waals surface area contributed by atoms with Gasteiger partial charge in [-0.05, 0) is 24.6 Å². The number of rotatable bonds is 5. The molecule has 0 spiro atoms. The van der Waals surface area contributed by atoms with E-state index in [2.05, 4.69) is 30.5 Å². The molecule has 1 fully saturated rings. The van der Waals surface area contributed by atoms with Crippen LogP contribution in [0.5, 0.6) is 0 Å². The van der Waals surface area contributed by atoms with Gasteiger partial charge in [-0.1, -0.05) is 17.7 Å². The van der Waals surface area contributed by atoms with Crippen molar-refractivity contribution in [1.29, 1.82) is 0 Å². The van der Waals surface area contributed by atoms with Gasteiger partial charge in [0.1, 0.15) is 0 Å². The molecular weight excluding hydrogens is 382 g/mol. The molecule has 28 heavy (non-hydrogen) atoms. The van der Waals surface area contributed by atoms with Gasteiger partial charge in [0.25, 0.3) is 0 Å². The number of hydrogen-bond acceptors (Lipinski definition) is 7. The van der Waals surface area contributed by atoms with E-state index in [0.29, 0.717) is 41.6 Å². The van der Waals surface area contributed by atoms with Crippen molar-refractivity contribution in [2.75, 3.05) is 55.5 Å². The molecule has 0 radical (unpaired) electrons. The number of carbonyl (C=O) groups is 1. The molecule has 150 valence electrons. The molecule has 0 bridgehead atoms. The van der Waals surface area contributed by atoms with Gasteiger partial charge < -0.3 is 25.2 Å². The van der Waals surface area contributed by atoms with Crippen LogP contribution in [0.2, 0.25) is 5.02 Å². The molecule has 9 nitrogen and oxygen atoms in total. The third-order valence-corrected chi connectivity index (χ3v) is 4.60. The maximum absolute atomic E-state index is 12.2. The molecule has 1 aliphatic heterocycles. The van der Waals surface area contributed by atoms with Crippen LogP contribution in [-0.2, 0) is 11.3 Å². The van der Waals surface area contributed by atoms with E-state index in [-0.39, 0.29) is 12.6 Å². The Balaban J connectivity index is 1.67. The van der Waals surface area contributed by atoms with Crippen molar-refractivity contribution in [3.8, 4) is 0 Å². The number of ether oxygens (including phenoxy) is 1. The number of benzene rings is 1. The number of halogens is 1. The number of urea groups is 1. The van der Waals surface area contributed by atoms with Crippen molar-refractivity contribution in [2.24, 2.45) is 0 Å². The number of hydrogen-bond donors (Lipinski definition) is 2. The summed E-state index contributed by atoms with van der Waals surface area (Å²) in [7, 11) is 3.73. The van der Waals surface area contributed by atoms with Gasteiger partial charge in [-0.2, -0.15) is 15.0 Å². The van der Waals surface area contributed by atoms with E-state index in [9.17, 15) is 4.79 Å². The van der Waals surface area contributed by atoms with Crippen molar-refractivity contribution < 1.29 is 9.53 Å². The first-order valence-electron chi connectivity index (χ1n) is 8.98. The summed E-state index contributed by atoms with van der Waals surface area (Å²) in [4.78, 5) is 29.5. The fourth-order valence-electron chi connectivity index (χ4n) is 2.58. The first kappa shape index (κ1) is 20.1. The van der Waals surface area contributed by atoms with E-state index < -0.39 is 0 Å². The van der Waals surface area contributed by atoms with E-state index >= 15 is 0 Å². The van der Waals surface area contributed by atoms with Crippen LogP contribution >= 0.6 is 11.6 Å². The van der Waals surface area contributed by atoms with Crippen molar-refractivity contribution >= 4 is 35.2 Å². The highest BCUT2D eigenvalue weighted by Crippen LogP contribution is 2.20. The third-order valence-electron chi connectivity index (χ3n) is 4.19. The van der Waals surface area contributed by atoms with Gasteiger partial charge in [0.2, 0.25) is 11.9 Å². The van der Waals surface area contributed by atoms with Crippen LogP contribution in [0.1, 0.15) is 11.4 Å². The highest BCUT2D eigenvalue weighted by molar-refractivity contribution is 6.31. The van der Waals surface area contributed by atoms with Crippen LogP contribution in [0.4, 0.5) is 22.4 Å². The number of morpholine rings is 1. The Morgan fingerprint density at radius 2 is 2.00 bits per heavy atom. The van der Waals surface area contributed by atoms with Gasteiger partial charge in [0, 0.05) is 37.9 Å². The van der Waals surface area contributed by atoms with Gasteiger partial charge >= 0.3 is 6.03 Å². The smallest absolute Gasteiger partial charge is 0.319 e. The summed E-state index contributed by atoms with van der Waals surface area (Å²) < 4.78 is 5.38. The minimum Gasteiger partial charge on any atom is -0.378 e. The fraction of sp³-hybridized carbons (Fsp3) is 0.444. The predicted molar refractivity (Wildman–Crippen MR) is 109 cm³/mol.